The van der Waals surface area contributed by atoms with Gasteiger partial charge in [-0.15, -0.1) is 0 Å². The number of benzene rings is 1. The second-order valence-corrected chi connectivity index (χ2v) is 6.08. The zero-order valence-electron chi connectivity index (χ0n) is 14.6. The Bertz CT molecular complexity index is 772. The quantitative estimate of drug-likeness (QED) is 0.666. The van der Waals surface area contributed by atoms with Crippen molar-refractivity contribution in [3.63, 3.8) is 0 Å². The number of carboxylic acid groups (broad SMARTS) is 1. The molecule has 8 heteroatoms. The van der Waals surface area contributed by atoms with Gasteiger partial charge in [0.2, 0.25) is 17.7 Å². The first-order valence-corrected chi connectivity index (χ1v) is 8.14. The van der Waals surface area contributed by atoms with Crippen molar-refractivity contribution >= 4 is 29.4 Å². The minimum Gasteiger partial charge on any atom is -0.478 e. The van der Waals surface area contributed by atoms with Crippen molar-refractivity contribution in [2.75, 3.05) is 18.4 Å². The van der Waals surface area contributed by atoms with Crippen LogP contribution < -0.4 is 10.6 Å². The van der Waals surface area contributed by atoms with Crippen LogP contribution in [0.25, 0.3) is 0 Å². The van der Waals surface area contributed by atoms with Crippen LogP contribution >= 0.6 is 0 Å². The van der Waals surface area contributed by atoms with Crippen LogP contribution in [0.3, 0.4) is 0 Å². The lowest BCUT2D eigenvalue weighted by Gasteiger charge is -2.34. The number of rotatable bonds is 5. The van der Waals surface area contributed by atoms with Gasteiger partial charge in [-0.1, -0.05) is 17.7 Å². The van der Waals surface area contributed by atoms with E-state index in [4.69, 9.17) is 5.11 Å². The highest BCUT2D eigenvalue weighted by atomic mass is 16.4. The zero-order chi connectivity index (χ0) is 19.3. The Hall–Kier alpha value is -3.16. The van der Waals surface area contributed by atoms with E-state index in [0.717, 1.165) is 17.2 Å². The Labute approximate surface area is 150 Å². The molecule has 0 unspecified atom stereocenters. The molecule has 1 aromatic carbocycles. The summed E-state index contributed by atoms with van der Waals surface area (Å²) >= 11 is 0. The molecule has 3 N–H and O–H groups in total. The summed E-state index contributed by atoms with van der Waals surface area (Å²) in [6.45, 7) is 4.26. The van der Waals surface area contributed by atoms with Crippen LogP contribution in [0.5, 0.6) is 0 Å². The Morgan fingerprint density at radius 1 is 1.31 bits per heavy atom. The van der Waals surface area contributed by atoms with Gasteiger partial charge in [0.15, 0.2) is 0 Å². The van der Waals surface area contributed by atoms with Crippen molar-refractivity contribution in [3.05, 3.63) is 41.5 Å². The van der Waals surface area contributed by atoms with Crippen molar-refractivity contribution in [2.45, 2.75) is 26.3 Å². The first kappa shape index (κ1) is 19.2. The number of carboxylic acids is 1. The molecule has 0 radical (unpaired) electrons. The van der Waals surface area contributed by atoms with Crippen molar-refractivity contribution < 1.29 is 24.3 Å². The van der Waals surface area contributed by atoms with E-state index in [1.807, 2.05) is 26.0 Å². The average Bonchev–Trinajstić information content (AvgIpc) is 2.57. The van der Waals surface area contributed by atoms with Gasteiger partial charge >= 0.3 is 5.97 Å². The largest absolute Gasteiger partial charge is 0.478 e. The van der Waals surface area contributed by atoms with Gasteiger partial charge in [-0.05, 0) is 25.5 Å². The number of anilines is 1. The van der Waals surface area contributed by atoms with Crippen molar-refractivity contribution in [3.8, 4) is 0 Å². The number of aryl methyl sites for hydroxylation is 2. The molecule has 0 bridgehead atoms. The predicted octanol–water partition coefficient (Wildman–Crippen LogP) is 0.600. The number of aliphatic carboxylic acids is 1. The maximum absolute atomic E-state index is 12.4. The zero-order valence-corrected chi connectivity index (χ0v) is 14.6. The van der Waals surface area contributed by atoms with E-state index in [2.05, 4.69) is 10.6 Å². The molecule has 3 amide bonds. The lowest BCUT2D eigenvalue weighted by atomic mass is 10.1. The molecule has 1 atom stereocenters. The monoisotopic (exact) mass is 359 g/mol. The fourth-order valence-corrected chi connectivity index (χ4v) is 2.75. The Morgan fingerprint density at radius 2 is 2.04 bits per heavy atom. The highest BCUT2D eigenvalue weighted by molar-refractivity contribution is 6.00. The number of piperazine rings is 1. The summed E-state index contributed by atoms with van der Waals surface area (Å²) < 4.78 is 0. The second kappa shape index (κ2) is 8.28. The van der Waals surface area contributed by atoms with Crippen LogP contribution in [0, 0.1) is 13.8 Å². The van der Waals surface area contributed by atoms with Crippen LogP contribution in [-0.2, 0) is 19.2 Å². The minimum atomic E-state index is -1.26. The number of carbonyl (C=O) groups is 4. The molecule has 1 aliphatic rings. The molecular weight excluding hydrogens is 338 g/mol. The number of hydrogen-bond donors (Lipinski definition) is 3. The standard InChI is InChI=1S/C18H21N3O5/c1-11-3-4-13(12(2)9-11)20-15(22)10-14-18(26)19-7-8-21(14)16(23)5-6-17(24)25/h3-6,9,14H,7-8,10H2,1-2H3,(H,19,26)(H,20,22)(H,24,25)/b6-5-/t14-/m0/s1. The number of carbonyl (C=O) groups excluding carboxylic acids is 3. The molecular formula is C18H21N3O5. The molecule has 1 aliphatic heterocycles. The summed E-state index contributed by atoms with van der Waals surface area (Å²) in [5, 5.41) is 14.0. The van der Waals surface area contributed by atoms with Gasteiger partial charge < -0.3 is 20.6 Å². The smallest absolute Gasteiger partial charge is 0.328 e. The van der Waals surface area contributed by atoms with E-state index < -0.39 is 29.7 Å². The SMILES string of the molecule is Cc1ccc(NC(=O)C[C@H]2C(=O)NCCN2C(=O)/C=C\C(=O)O)c(C)c1. The molecule has 1 heterocycles. The molecule has 0 saturated carbocycles. The summed E-state index contributed by atoms with van der Waals surface area (Å²) in [6, 6.07) is 4.58. The van der Waals surface area contributed by atoms with Gasteiger partial charge in [-0.3, -0.25) is 14.4 Å². The number of nitrogens with zero attached hydrogens (tertiary/aromatic N) is 1. The Morgan fingerprint density at radius 3 is 2.69 bits per heavy atom. The molecule has 8 nitrogen and oxygen atoms in total. The summed E-state index contributed by atoms with van der Waals surface area (Å²) in [4.78, 5) is 48.4. The van der Waals surface area contributed by atoms with E-state index in [-0.39, 0.29) is 19.5 Å². The first-order chi connectivity index (χ1) is 12.3. The van der Waals surface area contributed by atoms with Crippen molar-refractivity contribution in [1.82, 2.24) is 10.2 Å². The first-order valence-electron chi connectivity index (χ1n) is 8.14. The van der Waals surface area contributed by atoms with Crippen LogP contribution in [0.15, 0.2) is 30.4 Å². The molecule has 0 spiro atoms. The summed E-state index contributed by atoms with van der Waals surface area (Å²) in [5.41, 5.74) is 2.60. The van der Waals surface area contributed by atoms with Gasteiger partial charge in [0.25, 0.3) is 0 Å². The van der Waals surface area contributed by atoms with Crippen LogP contribution in [-0.4, -0.2) is 52.8 Å². The van der Waals surface area contributed by atoms with E-state index in [9.17, 15) is 19.2 Å². The van der Waals surface area contributed by atoms with Crippen molar-refractivity contribution in [1.29, 1.82) is 0 Å². The molecule has 1 aromatic rings. The predicted molar refractivity (Wildman–Crippen MR) is 94.4 cm³/mol. The molecule has 0 aliphatic carbocycles. The number of amides is 3. The van der Waals surface area contributed by atoms with E-state index in [1.165, 1.54) is 4.90 Å². The highest BCUT2D eigenvalue weighted by Gasteiger charge is 2.33. The van der Waals surface area contributed by atoms with Gasteiger partial charge in [0.05, 0.1) is 6.42 Å². The van der Waals surface area contributed by atoms with Crippen LogP contribution in [0.4, 0.5) is 5.69 Å². The minimum absolute atomic E-state index is 0.204. The summed E-state index contributed by atoms with van der Waals surface area (Å²) in [5.74, 6) is -2.72. The maximum Gasteiger partial charge on any atom is 0.328 e. The molecule has 138 valence electrons. The van der Waals surface area contributed by atoms with E-state index >= 15 is 0 Å². The van der Waals surface area contributed by atoms with E-state index in [1.54, 1.807) is 6.07 Å². The van der Waals surface area contributed by atoms with Crippen LogP contribution in [0.2, 0.25) is 0 Å². The molecule has 1 fully saturated rings. The highest BCUT2D eigenvalue weighted by Crippen LogP contribution is 2.17. The fraction of sp³-hybridized carbons (Fsp3) is 0.333. The van der Waals surface area contributed by atoms with Gasteiger partial charge in [-0.25, -0.2) is 4.79 Å². The maximum atomic E-state index is 12.4. The lowest BCUT2D eigenvalue weighted by molar-refractivity contribution is -0.141. The lowest BCUT2D eigenvalue weighted by Crippen LogP contribution is -2.57. The summed E-state index contributed by atoms with van der Waals surface area (Å²) in [6.07, 6.45) is 1.38. The Balaban J connectivity index is 2.09. The van der Waals surface area contributed by atoms with Gasteiger partial charge in [0.1, 0.15) is 6.04 Å². The van der Waals surface area contributed by atoms with Gasteiger partial charge in [-0.2, -0.15) is 0 Å². The molecule has 2 rings (SSSR count). The summed E-state index contributed by atoms with van der Waals surface area (Å²) in [7, 11) is 0. The topological polar surface area (TPSA) is 116 Å². The molecule has 26 heavy (non-hydrogen) atoms. The number of nitrogens with one attached hydrogen (secondary N) is 2. The average molecular weight is 359 g/mol. The molecule has 1 saturated heterocycles. The Kier molecular flexibility index (Phi) is 6.11. The fourth-order valence-electron chi connectivity index (χ4n) is 2.75. The number of hydrogen-bond acceptors (Lipinski definition) is 4. The third-order valence-corrected chi connectivity index (χ3v) is 4.02. The second-order valence-electron chi connectivity index (χ2n) is 6.08. The third kappa shape index (κ3) is 4.92. The van der Waals surface area contributed by atoms with E-state index in [0.29, 0.717) is 11.8 Å². The normalized spacial score (nSPS) is 17.1. The van der Waals surface area contributed by atoms with Gasteiger partial charge in [0, 0.05) is 30.9 Å². The van der Waals surface area contributed by atoms with Crippen LogP contribution in [0.1, 0.15) is 17.5 Å². The molecule has 0 aromatic heterocycles. The third-order valence-electron chi connectivity index (χ3n) is 4.02. The van der Waals surface area contributed by atoms with Crippen molar-refractivity contribution in [2.24, 2.45) is 0 Å².